The quantitative estimate of drug-likeness (QED) is 0.889. The fourth-order valence-electron chi connectivity index (χ4n) is 1.66. The van der Waals surface area contributed by atoms with Crippen LogP contribution in [0.15, 0.2) is 41.0 Å². The van der Waals surface area contributed by atoms with Crippen molar-refractivity contribution in [3.8, 4) is 6.07 Å². The summed E-state index contributed by atoms with van der Waals surface area (Å²) in [6.45, 7) is 0. The molecule has 0 atom stereocenters. The number of amides is 1. The number of benzene rings is 1. The molecule has 1 amide bonds. The lowest BCUT2D eigenvalue weighted by Gasteiger charge is -2.08. The van der Waals surface area contributed by atoms with Crippen molar-refractivity contribution in [3.63, 3.8) is 0 Å². The van der Waals surface area contributed by atoms with E-state index in [-0.39, 0.29) is 22.5 Å². The first-order valence-electron chi connectivity index (χ1n) is 5.72. The molecule has 7 heteroatoms. The number of aromatic carboxylic acids is 1. The molecule has 2 N–H and O–H groups in total. The second-order valence-electron chi connectivity index (χ2n) is 3.96. The van der Waals surface area contributed by atoms with Gasteiger partial charge in [-0.2, -0.15) is 5.26 Å². The Bertz CT molecular complexity index is 768. The third kappa shape index (κ3) is 3.24. The van der Waals surface area contributed by atoms with Crippen LogP contribution < -0.4 is 5.32 Å². The highest BCUT2D eigenvalue weighted by Crippen LogP contribution is 2.21. The zero-order chi connectivity index (χ0) is 15.4. The Morgan fingerprint density at radius 3 is 2.76 bits per heavy atom. The molecule has 0 aliphatic rings. The molecule has 2 rings (SSSR count). The molecule has 0 bridgehead atoms. The van der Waals surface area contributed by atoms with E-state index in [9.17, 15) is 9.59 Å². The molecule has 0 unspecified atom stereocenters. The Morgan fingerprint density at radius 2 is 2.10 bits per heavy atom. The molecule has 0 saturated carbocycles. The van der Waals surface area contributed by atoms with E-state index in [1.165, 1.54) is 24.4 Å². The third-order valence-corrected chi connectivity index (χ3v) is 3.10. The Balaban J connectivity index is 2.38. The summed E-state index contributed by atoms with van der Waals surface area (Å²) in [6, 6.07) is 9.42. The van der Waals surface area contributed by atoms with Crippen LogP contribution in [0, 0.1) is 11.3 Å². The highest BCUT2D eigenvalue weighted by Gasteiger charge is 2.18. The second-order valence-corrected chi connectivity index (χ2v) is 4.88. The van der Waals surface area contributed by atoms with Gasteiger partial charge in [0.1, 0.15) is 11.8 Å². The molecule has 21 heavy (non-hydrogen) atoms. The zero-order valence-electron chi connectivity index (χ0n) is 10.5. The summed E-state index contributed by atoms with van der Waals surface area (Å²) in [5.74, 6) is -1.94. The van der Waals surface area contributed by atoms with E-state index in [1.54, 1.807) is 12.1 Å². The molecule has 1 aromatic carbocycles. The number of rotatable bonds is 3. The SMILES string of the molecule is N#Cc1ccc(Br)cc1NC(=O)c1ncccc1C(=O)O. The van der Waals surface area contributed by atoms with Gasteiger partial charge in [0.2, 0.25) is 0 Å². The van der Waals surface area contributed by atoms with E-state index in [4.69, 9.17) is 10.4 Å². The van der Waals surface area contributed by atoms with Crippen molar-refractivity contribution >= 4 is 33.5 Å². The van der Waals surface area contributed by atoms with E-state index in [0.717, 1.165) is 0 Å². The van der Waals surface area contributed by atoms with Crippen molar-refractivity contribution < 1.29 is 14.7 Å². The van der Waals surface area contributed by atoms with E-state index in [0.29, 0.717) is 4.47 Å². The third-order valence-electron chi connectivity index (χ3n) is 2.60. The summed E-state index contributed by atoms with van der Waals surface area (Å²) in [7, 11) is 0. The number of anilines is 1. The average molecular weight is 346 g/mol. The molecule has 2 aromatic rings. The predicted octanol–water partition coefficient (Wildman–Crippen LogP) is 2.67. The Kier molecular flexibility index (Phi) is 4.30. The highest BCUT2D eigenvalue weighted by atomic mass is 79.9. The van der Waals surface area contributed by atoms with Crippen LogP contribution in [0.2, 0.25) is 0 Å². The fraction of sp³-hybridized carbons (Fsp3) is 0. The number of halogens is 1. The number of carboxylic acid groups (broad SMARTS) is 1. The Labute approximate surface area is 128 Å². The van der Waals surface area contributed by atoms with Gasteiger partial charge in [-0.3, -0.25) is 9.78 Å². The molecule has 1 aromatic heterocycles. The van der Waals surface area contributed by atoms with E-state index in [1.807, 2.05) is 6.07 Å². The number of nitriles is 1. The van der Waals surface area contributed by atoms with Crippen LogP contribution in [0.1, 0.15) is 26.4 Å². The lowest BCUT2D eigenvalue weighted by molar-refractivity contribution is 0.0691. The maximum atomic E-state index is 12.2. The van der Waals surface area contributed by atoms with Gasteiger partial charge < -0.3 is 10.4 Å². The van der Waals surface area contributed by atoms with Crippen LogP contribution in [0.25, 0.3) is 0 Å². The molecule has 6 nitrogen and oxygen atoms in total. The van der Waals surface area contributed by atoms with Crippen LogP contribution in [0.4, 0.5) is 5.69 Å². The first kappa shape index (κ1) is 14.7. The van der Waals surface area contributed by atoms with Crippen molar-refractivity contribution in [1.29, 1.82) is 5.26 Å². The van der Waals surface area contributed by atoms with Gasteiger partial charge in [-0.15, -0.1) is 0 Å². The summed E-state index contributed by atoms with van der Waals surface area (Å²) >= 11 is 3.24. The number of carbonyl (C=O) groups is 2. The van der Waals surface area contributed by atoms with Crippen LogP contribution >= 0.6 is 15.9 Å². The normalized spacial score (nSPS) is 9.71. The summed E-state index contributed by atoms with van der Waals surface area (Å²) < 4.78 is 0.677. The van der Waals surface area contributed by atoms with Gasteiger partial charge in [0.25, 0.3) is 5.91 Å². The number of hydrogen-bond donors (Lipinski definition) is 2. The molecule has 0 aliphatic carbocycles. The lowest BCUT2D eigenvalue weighted by Crippen LogP contribution is -2.18. The summed E-state index contributed by atoms with van der Waals surface area (Å²) in [4.78, 5) is 27.0. The van der Waals surface area contributed by atoms with Crippen molar-refractivity contribution in [2.24, 2.45) is 0 Å². The molecule has 104 valence electrons. The Morgan fingerprint density at radius 1 is 1.33 bits per heavy atom. The topological polar surface area (TPSA) is 103 Å². The molecular weight excluding hydrogens is 338 g/mol. The Hall–Kier alpha value is -2.72. The van der Waals surface area contributed by atoms with Gasteiger partial charge in [0, 0.05) is 10.7 Å². The molecule has 1 heterocycles. The number of nitrogens with one attached hydrogen (secondary N) is 1. The number of hydrogen-bond acceptors (Lipinski definition) is 4. The smallest absolute Gasteiger partial charge is 0.338 e. The van der Waals surface area contributed by atoms with E-state index >= 15 is 0 Å². The monoisotopic (exact) mass is 345 g/mol. The standard InChI is InChI=1S/C14H8BrN3O3/c15-9-4-3-8(7-16)11(6-9)18-13(19)12-10(14(20)21)2-1-5-17-12/h1-6H,(H,18,19)(H,20,21). The molecular formula is C14H8BrN3O3. The van der Waals surface area contributed by atoms with Gasteiger partial charge in [0.15, 0.2) is 0 Å². The molecule has 0 spiro atoms. The fourth-order valence-corrected chi connectivity index (χ4v) is 2.02. The van der Waals surface area contributed by atoms with Gasteiger partial charge in [-0.05, 0) is 30.3 Å². The van der Waals surface area contributed by atoms with Gasteiger partial charge >= 0.3 is 5.97 Å². The number of pyridine rings is 1. The van der Waals surface area contributed by atoms with Gasteiger partial charge in [0.05, 0.1) is 16.8 Å². The van der Waals surface area contributed by atoms with Crippen molar-refractivity contribution in [2.45, 2.75) is 0 Å². The van der Waals surface area contributed by atoms with Gasteiger partial charge in [-0.1, -0.05) is 15.9 Å². The summed E-state index contributed by atoms with van der Waals surface area (Å²) in [5.41, 5.74) is 0.121. The first-order valence-corrected chi connectivity index (χ1v) is 6.51. The largest absolute Gasteiger partial charge is 0.478 e. The van der Waals surface area contributed by atoms with Gasteiger partial charge in [-0.25, -0.2) is 4.79 Å². The average Bonchev–Trinajstić information content (AvgIpc) is 2.47. The number of nitrogens with zero attached hydrogens (tertiary/aromatic N) is 2. The molecule has 0 fully saturated rings. The van der Waals surface area contributed by atoms with Crippen molar-refractivity contribution in [2.75, 3.05) is 5.32 Å². The maximum absolute atomic E-state index is 12.2. The van der Waals surface area contributed by atoms with E-state index < -0.39 is 11.9 Å². The number of aromatic nitrogens is 1. The number of carbonyl (C=O) groups excluding carboxylic acids is 1. The van der Waals surface area contributed by atoms with Crippen molar-refractivity contribution in [3.05, 3.63) is 57.8 Å². The summed E-state index contributed by atoms with van der Waals surface area (Å²) in [6.07, 6.45) is 1.33. The van der Waals surface area contributed by atoms with E-state index in [2.05, 4.69) is 26.2 Å². The summed E-state index contributed by atoms with van der Waals surface area (Å²) in [5, 5.41) is 20.6. The zero-order valence-corrected chi connectivity index (χ0v) is 12.1. The minimum atomic E-state index is -1.25. The number of carboxylic acids is 1. The maximum Gasteiger partial charge on any atom is 0.338 e. The van der Waals surface area contributed by atoms with Crippen LogP contribution in [-0.2, 0) is 0 Å². The van der Waals surface area contributed by atoms with Crippen molar-refractivity contribution in [1.82, 2.24) is 4.98 Å². The highest BCUT2D eigenvalue weighted by molar-refractivity contribution is 9.10. The van der Waals surface area contributed by atoms with Crippen LogP contribution in [0.5, 0.6) is 0 Å². The molecule has 0 radical (unpaired) electrons. The minimum absolute atomic E-state index is 0.205. The molecule has 0 aliphatic heterocycles. The van der Waals surface area contributed by atoms with Crippen LogP contribution in [-0.4, -0.2) is 22.0 Å². The molecule has 0 saturated heterocycles. The predicted molar refractivity (Wildman–Crippen MR) is 78.0 cm³/mol. The first-order chi connectivity index (χ1) is 10.0. The lowest BCUT2D eigenvalue weighted by atomic mass is 10.1. The minimum Gasteiger partial charge on any atom is -0.478 e. The second kappa shape index (κ2) is 6.15. The van der Waals surface area contributed by atoms with Crippen LogP contribution in [0.3, 0.4) is 0 Å².